The molecule has 3 rings (SSSR count). The molecule has 1 aliphatic carbocycles. The van der Waals surface area contributed by atoms with Crippen LogP contribution in [-0.4, -0.2) is 12.0 Å². The number of rotatable bonds is 4. The third-order valence-electron chi connectivity index (χ3n) is 3.29. The zero-order valence-electron chi connectivity index (χ0n) is 10.9. The molecule has 18 heavy (non-hydrogen) atoms. The van der Waals surface area contributed by atoms with Crippen LogP contribution < -0.4 is 5.32 Å². The lowest BCUT2D eigenvalue weighted by molar-refractivity contribution is 0.813. The second kappa shape index (κ2) is 4.82. The summed E-state index contributed by atoms with van der Waals surface area (Å²) in [5.74, 6) is 0.725. The van der Waals surface area contributed by atoms with E-state index in [0.717, 1.165) is 12.5 Å². The predicted octanol–water partition coefficient (Wildman–Crippen LogP) is 3.72. The van der Waals surface area contributed by atoms with Crippen LogP contribution in [0.1, 0.15) is 34.9 Å². The van der Waals surface area contributed by atoms with Gasteiger partial charge in [-0.15, -0.1) is 11.3 Å². The molecular weight excluding hydrogens is 240 g/mol. The highest BCUT2D eigenvalue weighted by Crippen LogP contribution is 2.44. The van der Waals surface area contributed by atoms with Gasteiger partial charge < -0.3 is 5.32 Å². The van der Waals surface area contributed by atoms with E-state index in [-0.39, 0.29) is 0 Å². The third kappa shape index (κ3) is 2.33. The van der Waals surface area contributed by atoms with Crippen molar-refractivity contribution in [3.63, 3.8) is 0 Å². The van der Waals surface area contributed by atoms with Crippen molar-refractivity contribution in [3.8, 4) is 10.6 Å². The van der Waals surface area contributed by atoms with Crippen molar-refractivity contribution >= 4 is 11.3 Å². The Bertz CT molecular complexity index is 555. The van der Waals surface area contributed by atoms with E-state index in [9.17, 15) is 0 Å². The largest absolute Gasteiger partial charge is 0.315 e. The van der Waals surface area contributed by atoms with Crippen molar-refractivity contribution in [1.82, 2.24) is 10.3 Å². The molecule has 0 spiro atoms. The minimum atomic E-state index is 0.725. The maximum atomic E-state index is 4.88. The molecule has 2 aromatic rings. The van der Waals surface area contributed by atoms with Gasteiger partial charge in [0, 0.05) is 22.9 Å². The van der Waals surface area contributed by atoms with Crippen LogP contribution in [0.2, 0.25) is 0 Å². The fraction of sp³-hybridized carbons (Fsp3) is 0.400. The molecule has 0 saturated heterocycles. The van der Waals surface area contributed by atoms with Crippen LogP contribution in [0.5, 0.6) is 0 Å². The molecule has 0 radical (unpaired) electrons. The van der Waals surface area contributed by atoms with E-state index in [1.54, 1.807) is 0 Å². The summed E-state index contributed by atoms with van der Waals surface area (Å²) < 4.78 is 0. The molecule has 1 N–H and O–H groups in total. The second-order valence-electron chi connectivity index (χ2n) is 5.00. The molecule has 1 saturated carbocycles. The van der Waals surface area contributed by atoms with Gasteiger partial charge in [0.1, 0.15) is 5.01 Å². The lowest BCUT2D eigenvalue weighted by Crippen LogP contribution is -2.05. The number of hydrogen-bond acceptors (Lipinski definition) is 3. The van der Waals surface area contributed by atoms with E-state index in [4.69, 9.17) is 4.98 Å². The number of nitrogens with zero attached hydrogens (tertiary/aromatic N) is 1. The first-order valence-corrected chi connectivity index (χ1v) is 7.31. The summed E-state index contributed by atoms with van der Waals surface area (Å²) in [4.78, 5) is 6.29. The lowest BCUT2D eigenvalue weighted by atomic mass is 10.1. The third-order valence-corrected chi connectivity index (χ3v) is 4.41. The fourth-order valence-electron chi connectivity index (χ4n) is 2.23. The van der Waals surface area contributed by atoms with E-state index in [2.05, 4.69) is 36.5 Å². The molecule has 0 aliphatic heterocycles. The fourth-order valence-corrected chi connectivity index (χ4v) is 3.38. The topological polar surface area (TPSA) is 24.9 Å². The molecule has 0 bridgehead atoms. The minimum absolute atomic E-state index is 0.725. The summed E-state index contributed by atoms with van der Waals surface area (Å²) in [5.41, 5.74) is 3.89. The van der Waals surface area contributed by atoms with Crippen LogP contribution in [0.25, 0.3) is 10.6 Å². The Morgan fingerprint density at radius 2 is 2.22 bits per heavy atom. The van der Waals surface area contributed by atoms with Crippen LogP contribution >= 0.6 is 11.3 Å². The Hall–Kier alpha value is -1.19. The van der Waals surface area contributed by atoms with Gasteiger partial charge in [-0.2, -0.15) is 0 Å². The molecule has 94 valence electrons. The maximum absolute atomic E-state index is 4.88. The first kappa shape index (κ1) is 11.9. The smallest absolute Gasteiger partial charge is 0.123 e. The number of nitrogens with one attached hydrogen (secondary N) is 1. The predicted molar refractivity (Wildman–Crippen MR) is 77.0 cm³/mol. The first-order chi connectivity index (χ1) is 8.78. The Morgan fingerprint density at radius 3 is 2.89 bits per heavy atom. The Balaban J connectivity index is 1.99. The van der Waals surface area contributed by atoms with Crippen molar-refractivity contribution in [2.24, 2.45) is 0 Å². The van der Waals surface area contributed by atoms with Gasteiger partial charge in [-0.3, -0.25) is 0 Å². The van der Waals surface area contributed by atoms with Crippen molar-refractivity contribution in [2.75, 3.05) is 7.05 Å². The molecule has 1 aliphatic rings. The molecular formula is C15H18N2S. The van der Waals surface area contributed by atoms with Gasteiger partial charge in [-0.1, -0.05) is 23.8 Å². The Morgan fingerprint density at radius 1 is 1.39 bits per heavy atom. The number of thiazole rings is 1. The van der Waals surface area contributed by atoms with E-state index < -0.39 is 0 Å². The van der Waals surface area contributed by atoms with Crippen LogP contribution in [-0.2, 0) is 6.54 Å². The molecule has 0 atom stereocenters. The van der Waals surface area contributed by atoms with E-state index in [0.29, 0.717) is 0 Å². The van der Waals surface area contributed by atoms with Crippen LogP contribution in [0, 0.1) is 6.92 Å². The summed E-state index contributed by atoms with van der Waals surface area (Å²) in [7, 11) is 2.00. The summed E-state index contributed by atoms with van der Waals surface area (Å²) in [5, 5.41) is 4.43. The van der Waals surface area contributed by atoms with Gasteiger partial charge in [-0.05, 0) is 32.9 Å². The van der Waals surface area contributed by atoms with Gasteiger partial charge in [0.2, 0.25) is 0 Å². The van der Waals surface area contributed by atoms with Crippen LogP contribution in [0.4, 0.5) is 0 Å². The maximum Gasteiger partial charge on any atom is 0.123 e. The number of hydrogen-bond donors (Lipinski definition) is 1. The second-order valence-corrected chi connectivity index (χ2v) is 6.09. The van der Waals surface area contributed by atoms with E-state index in [1.807, 2.05) is 18.4 Å². The zero-order chi connectivity index (χ0) is 12.5. The SMILES string of the molecule is CNCc1sc(-c2cccc(C)c2)nc1C1CC1. The molecule has 1 aromatic carbocycles. The van der Waals surface area contributed by atoms with Gasteiger partial charge >= 0.3 is 0 Å². The Labute approximate surface area is 112 Å². The normalized spacial score (nSPS) is 15.0. The molecule has 3 heteroatoms. The van der Waals surface area contributed by atoms with Crippen molar-refractivity contribution in [3.05, 3.63) is 40.4 Å². The molecule has 0 unspecified atom stereocenters. The number of aryl methyl sites for hydroxylation is 1. The first-order valence-electron chi connectivity index (χ1n) is 6.49. The van der Waals surface area contributed by atoms with Crippen LogP contribution in [0.15, 0.2) is 24.3 Å². The van der Waals surface area contributed by atoms with E-state index in [1.165, 1.54) is 39.5 Å². The number of benzene rings is 1. The van der Waals surface area contributed by atoms with Gasteiger partial charge in [0.05, 0.1) is 5.69 Å². The number of aromatic nitrogens is 1. The summed E-state index contributed by atoms with van der Waals surface area (Å²) in [6.45, 7) is 3.07. The quantitative estimate of drug-likeness (QED) is 0.904. The molecule has 1 aromatic heterocycles. The van der Waals surface area contributed by atoms with Crippen molar-refractivity contribution in [1.29, 1.82) is 0 Å². The summed E-state index contributed by atoms with van der Waals surface area (Å²) in [6, 6.07) is 8.62. The van der Waals surface area contributed by atoms with Gasteiger partial charge in [-0.25, -0.2) is 4.98 Å². The minimum Gasteiger partial charge on any atom is -0.315 e. The summed E-state index contributed by atoms with van der Waals surface area (Å²) >= 11 is 1.84. The highest BCUT2D eigenvalue weighted by atomic mass is 32.1. The Kier molecular flexibility index (Phi) is 3.18. The average Bonchev–Trinajstić information content (AvgIpc) is 3.12. The standard InChI is InChI=1S/C15H18N2S/c1-10-4-3-5-12(8-10)15-17-14(11-6-7-11)13(18-15)9-16-2/h3-5,8,11,16H,6-7,9H2,1-2H3. The molecule has 0 amide bonds. The monoisotopic (exact) mass is 258 g/mol. The molecule has 1 heterocycles. The average molecular weight is 258 g/mol. The molecule has 2 nitrogen and oxygen atoms in total. The van der Waals surface area contributed by atoms with Gasteiger partial charge in [0.15, 0.2) is 0 Å². The van der Waals surface area contributed by atoms with Crippen molar-refractivity contribution in [2.45, 2.75) is 32.2 Å². The molecule has 1 fully saturated rings. The van der Waals surface area contributed by atoms with Gasteiger partial charge in [0.25, 0.3) is 0 Å². The van der Waals surface area contributed by atoms with Crippen molar-refractivity contribution < 1.29 is 0 Å². The highest BCUT2D eigenvalue weighted by Gasteiger charge is 2.29. The zero-order valence-corrected chi connectivity index (χ0v) is 11.7. The summed E-state index contributed by atoms with van der Waals surface area (Å²) in [6.07, 6.45) is 2.63. The highest BCUT2D eigenvalue weighted by molar-refractivity contribution is 7.15. The lowest BCUT2D eigenvalue weighted by Gasteiger charge is -1.97. The van der Waals surface area contributed by atoms with Crippen LogP contribution in [0.3, 0.4) is 0 Å². The van der Waals surface area contributed by atoms with E-state index >= 15 is 0 Å².